The molecule has 170 valence electrons. The van der Waals surface area contributed by atoms with Gasteiger partial charge >= 0.3 is 6.18 Å². The minimum atomic E-state index is -4.47. The van der Waals surface area contributed by atoms with Crippen LogP contribution in [0, 0.1) is 0 Å². The van der Waals surface area contributed by atoms with E-state index in [9.17, 15) is 18.0 Å². The lowest BCUT2D eigenvalue weighted by atomic mass is 10.1. The molecule has 11 heteroatoms. The molecule has 0 unspecified atom stereocenters. The molecule has 32 heavy (non-hydrogen) atoms. The van der Waals surface area contributed by atoms with Crippen LogP contribution in [0.4, 0.5) is 13.2 Å². The van der Waals surface area contributed by atoms with Crippen molar-refractivity contribution in [1.82, 2.24) is 24.6 Å². The molecule has 1 aliphatic heterocycles. The van der Waals surface area contributed by atoms with E-state index in [1.54, 1.807) is 17.3 Å². The highest BCUT2D eigenvalue weighted by Crippen LogP contribution is 2.32. The van der Waals surface area contributed by atoms with Gasteiger partial charge in [-0.05, 0) is 12.1 Å². The summed E-state index contributed by atoms with van der Waals surface area (Å²) in [6, 6.07) is 4.69. The molecule has 1 amide bonds. The first-order valence-corrected chi connectivity index (χ1v) is 10.1. The molecular weight excluding hydrogens is 427 g/mol. The van der Waals surface area contributed by atoms with Crippen molar-refractivity contribution >= 4 is 5.91 Å². The Morgan fingerprint density at radius 1 is 1.31 bits per heavy atom. The van der Waals surface area contributed by atoms with Gasteiger partial charge in [-0.15, -0.1) is 0 Å². The number of nitrogens with zero attached hydrogens (tertiary/aromatic N) is 5. The summed E-state index contributed by atoms with van der Waals surface area (Å²) in [6.07, 6.45) is -1.70. The van der Waals surface area contributed by atoms with Gasteiger partial charge in [-0.2, -0.15) is 18.2 Å². The van der Waals surface area contributed by atoms with E-state index in [1.165, 1.54) is 12.1 Å². The molecule has 0 saturated carbocycles. The van der Waals surface area contributed by atoms with Crippen LogP contribution in [0.15, 0.2) is 41.2 Å². The molecule has 1 aliphatic rings. The number of hydrogen-bond donors (Lipinski definition) is 0. The Labute approximate surface area is 182 Å². The van der Waals surface area contributed by atoms with Crippen LogP contribution in [-0.2, 0) is 22.3 Å². The van der Waals surface area contributed by atoms with Crippen LogP contribution in [0.2, 0.25) is 0 Å². The minimum Gasteiger partial charge on any atom is -0.365 e. The molecular formula is C21H22F3N5O3. The topological polar surface area (TPSA) is 86.3 Å². The summed E-state index contributed by atoms with van der Waals surface area (Å²) in [6.45, 7) is 5.06. The zero-order valence-electron chi connectivity index (χ0n) is 17.5. The van der Waals surface area contributed by atoms with Crippen LogP contribution in [0.5, 0.6) is 0 Å². The second-order valence-electron chi connectivity index (χ2n) is 7.80. The van der Waals surface area contributed by atoms with Crippen molar-refractivity contribution in [3.8, 4) is 11.4 Å². The second-order valence-corrected chi connectivity index (χ2v) is 7.80. The fourth-order valence-corrected chi connectivity index (χ4v) is 3.54. The number of halogens is 3. The third-order valence-corrected chi connectivity index (χ3v) is 5.15. The molecule has 0 radical (unpaired) electrons. The molecule has 1 fully saturated rings. The van der Waals surface area contributed by atoms with Gasteiger partial charge in [0.1, 0.15) is 12.4 Å². The van der Waals surface area contributed by atoms with Gasteiger partial charge in [0.2, 0.25) is 11.7 Å². The number of alkyl halides is 3. The number of ether oxygens (including phenoxy) is 1. The number of morpholine rings is 1. The van der Waals surface area contributed by atoms with Crippen LogP contribution in [0.1, 0.15) is 43.1 Å². The molecule has 4 rings (SSSR count). The number of imidazole rings is 1. The van der Waals surface area contributed by atoms with E-state index >= 15 is 0 Å². The van der Waals surface area contributed by atoms with Crippen LogP contribution >= 0.6 is 0 Å². The summed E-state index contributed by atoms with van der Waals surface area (Å²) in [5, 5.41) is 3.80. The molecule has 0 spiro atoms. The maximum Gasteiger partial charge on any atom is 0.416 e. The van der Waals surface area contributed by atoms with Crippen molar-refractivity contribution in [1.29, 1.82) is 0 Å². The first-order chi connectivity index (χ1) is 15.2. The van der Waals surface area contributed by atoms with Gasteiger partial charge in [-0.3, -0.25) is 4.79 Å². The van der Waals surface area contributed by atoms with Gasteiger partial charge in [0.05, 0.1) is 18.7 Å². The summed E-state index contributed by atoms with van der Waals surface area (Å²) < 4.78 is 51.7. The minimum absolute atomic E-state index is 0.0261. The van der Waals surface area contributed by atoms with E-state index in [4.69, 9.17) is 9.26 Å². The molecule has 1 aromatic carbocycles. The number of benzene rings is 1. The van der Waals surface area contributed by atoms with E-state index in [1.807, 2.05) is 18.4 Å². The zero-order chi connectivity index (χ0) is 22.9. The third-order valence-electron chi connectivity index (χ3n) is 5.15. The average Bonchev–Trinajstić information content (AvgIpc) is 3.43. The Morgan fingerprint density at radius 2 is 2.12 bits per heavy atom. The number of hydrogen-bond acceptors (Lipinski definition) is 6. The lowest BCUT2D eigenvalue weighted by Crippen LogP contribution is -2.43. The Kier molecular flexibility index (Phi) is 6.00. The molecule has 1 atom stereocenters. The summed E-state index contributed by atoms with van der Waals surface area (Å²) in [5.41, 5.74) is -0.618. The number of aromatic nitrogens is 4. The van der Waals surface area contributed by atoms with Crippen molar-refractivity contribution in [3.05, 3.63) is 53.9 Å². The maximum absolute atomic E-state index is 13.0. The molecule has 0 bridgehead atoms. The average molecular weight is 449 g/mol. The maximum atomic E-state index is 13.0. The quantitative estimate of drug-likeness (QED) is 0.591. The Balaban J connectivity index is 1.46. The van der Waals surface area contributed by atoms with E-state index < -0.39 is 17.8 Å². The highest BCUT2D eigenvalue weighted by Gasteiger charge is 2.32. The van der Waals surface area contributed by atoms with Crippen molar-refractivity contribution in [2.24, 2.45) is 0 Å². The van der Waals surface area contributed by atoms with Gasteiger partial charge in [-0.25, -0.2) is 4.98 Å². The highest BCUT2D eigenvalue weighted by atomic mass is 19.4. The first kappa shape index (κ1) is 22.0. The first-order valence-electron chi connectivity index (χ1n) is 10.1. The van der Waals surface area contributed by atoms with Crippen LogP contribution in [0.3, 0.4) is 0 Å². The SMILES string of the molecule is CC(C)c1nccn1CC(=O)N1CCO[C@H](c2nc(-c3cccc(C(F)(F)F)c3)no2)C1. The lowest BCUT2D eigenvalue weighted by molar-refractivity contribution is -0.140. The lowest BCUT2D eigenvalue weighted by Gasteiger charge is -2.31. The molecule has 8 nitrogen and oxygen atoms in total. The van der Waals surface area contributed by atoms with Crippen LogP contribution in [-0.4, -0.2) is 50.2 Å². The zero-order valence-corrected chi connectivity index (χ0v) is 17.5. The Bertz CT molecular complexity index is 1090. The van der Waals surface area contributed by atoms with Gasteiger partial charge in [-0.1, -0.05) is 31.1 Å². The van der Waals surface area contributed by atoms with Crippen LogP contribution in [0.25, 0.3) is 11.4 Å². The smallest absolute Gasteiger partial charge is 0.365 e. The largest absolute Gasteiger partial charge is 0.416 e. The molecule has 2 aromatic heterocycles. The van der Waals surface area contributed by atoms with Gasteiger partial charge in [0.15, 0.2) is 6.10 Å². The molecule has 0 N–H and O–H groups in total. The summed E-state index contributed by atoms with van der Waals surface area (Å²) in [5.74, 6) is 1.04. The van der Waals surface area contributed by atoms with E-state index in [0.29, 0.717) is 6.54 Å². The number of carbonyl (C=O) groups is 1. The summed E-state index contributed by atoms with van der Waals surface area (Å²) >= 11 is 0. The fraction of sp³-hybridized carbons (Fsp3) is 0.429. The van der Waals surface area contributed by atoms with Crippen molar-refractivity contribution in [3.63, 3.8) is 0 Å². The Hall–Kier alpha value is -3.21. The third kappa shape index (κ3) is 4.67. The number of rotatable bonds is 5. The normalized spacial score (nSPS) is 17.2. The van der Waals surface area contributed by atoms with Crippen LogP contribution < -0.4 is 0 Å². The number of carbonyl (C=O) groups excluding carboxylic acids is 1. The molecule has 3 heterocycles. The van der Waals surface area contributed by atoms with Crippen molar-refractivity contribution in [2.45, 2.75) is 38.6 Å². The van der Waals surface area contributed by atoms with Crippen molar-refractivity contribution < 1.29 is 27.2 Å². The summed E-state index contributed by atoms with van der Waals surface area (Å²) in [7, 11) is 0. The Morgan fingerprint density at radius 3 is 2.88 bits per heavy atom. The van der Waals surface area contributed by atoms with E-state index in [-0.39, 0.29) is 48.8 Å². The molecule has 3 aromatic rings. The standard InChI is InChI=1S/C21H22F3N5O3/c1-13(2)19-25-6-7-29(19)12-17(30)28-8-9-31-16(11-28)20-26-18(27-32-20)14-4-3-5-15(10-14)21(22,23)24/h3-7,10,13,16H,8-9,11-12H2,1-2H3/t16-/m0/s1. The fourth-order valence-electron chi connectivity index (χ4n) is 3.54. The van der Waals surface area contributed by atoms with Gasteiger partial charge in [0, 0.05) is 30.4 Å². The monoisotopic (exact) mass is 449 g/mol. The number of amides is 1. The van der Waals surface area contributed by atoms with Crippen molar-refractivity contribution in [2.75, 3.05) is 19.7 Å². The summed E-state index contributed by atoms with van der Waals surface area (Å²) in [4.78, 5) is 23.0. The van der Waals surface area contributed by atoms with Gasteiger partial charge in [0.25, 0.3) is 5.89 Å². The van der Waals surface area contributed by atoms with E-state index in [0.717, 1.165) is 18.0 Å². The molecule has 0 aliphatic carbocycles. The predicted octanol–water partition coefficient (Wildman–Crippen LogP) is 3.68. The predicted molar refractivity (Wildman–Crippen MR) is 106 cm³/mol. The second kappa shape index (κ2) is 8.73. The van der Waals surface area contributed by atoms with Gasteiger partial charge < -0.3 is 18.7 Å². The highest BCUT2D eigenvalue weighted by molar-refractivity contribution is 5.76. The van der Waals surface area contributed by atoms with E-state index in [2.05, 4.69) is 15.1 Å². The molecule has 1 saturated heterocycles.